The van der Waals surface area contributed by atoms with Crippen LogP contribution in [0.4, 0.5) is 4.79 Å². The van der Waals surface area contributed by atoms with E-state index in [-0.39, 0.29) is 23.5 Å². The van der Waals surface area contributed by atoms with Crippen LogP contribution in [0.2, 0.25) is 0 Å². The van der Waals surface area contributed by atoms with Gasteiger partial charge in [0.15, 0.2) is 0 Å². The van der Waals surface area contributed by atoms with Crippen LogP contribution in [0.15, 0.2) is 6.20 Å². The molecule has 2 amide bonds. The van der Waals surface area contributed by atoms with Crippen molar-refractivity contribution >= 4 is 6.03 Å². The van der Waals surface area contributed by atoms with E-state index in [4.69, 9.17) is 4.74 Å². The molecule has 1 aromatic heterocycles. The lowest BCUT2D eigenvalue weighted by Gasteiger charge is -2.54. The van der Waals surface area contributed by atoms with E-state index in [0.29, 0.717) is 6.10 Å². The minimum absolute atomic E-state index is 0.0343. The third-order valence-corrected chi connectivity index (χ3v) is 6.67. The molecular weight excluding hydrogens is 316 g/mol. The van der Waals surface area contributed by atoms with Crippen LogP contribution in [0.25, 0.3) is 0 Å². The highest BCUT2D eigenvalue weighted by Crippen LogP contribution is 2.54. The maximum atomic E-state index is 12.6. The predicted octanol–water partition coefficient (Wildman–Crippen LogP) is 2.83. The molecule has 1 spiro atoms. The largest absolute Gasteiger partial charge is 0.378 e. The number of ether oxygens (including phenoxy) is 1. The standard InChI is InChI=1S/C19H30N4O2/c1-3-25-17-11-16(19(17)9-4-5-10-19)22-18(24)21-14-7-6-8-15-13(14)12-20-23(15)2/h12,14,16-17H,3-11H2,1-2H3,(H2,21,22,24)/t14-,16+,17+/m0/s1. The van der Waals surface area contributed by atoms with Crippen molar-refractivity contribution in [1.82, 2.24) is 20.4 Å². The number of aryl methyl sites for hydroxylation is 1. The zero-order chi connectivity index (χ0) is 17.4. The molecule has 4 rings (SSSR count). The van der Waals surface area contributed by atoms with E-state index < -0.39 is 0 Å². The van der Waals surface area contributed by atoms with Gasteiger partial charge in [-0.05, 0) is 45.4 Å². The summed E-state index contributed by atoms with van der Waals surface area (Å²) in [5, 5.41) is 10.8. The Hall–Kier alpha value is -1.56. The molecule has 0 aromatic carbocycles. The van der Waals surface area contributed by atoms with Crippen LogP contribution in [0, 0.1) is 5.41 Å². The molecule has 6 heteroatoms. The van der Waals surface area contributed by atoms with Gasteiger partial charge in [0.25, 0.3) is 0 Å². The maximum Gasteiger partial charge on any atom is 0.315 e. The average Bonchev–Trinajstić information content (AvgIpc) is 3.24. The average molecular weight is 346 g/mol. The predicted molar refractivity (Wildman–Crippen MR) is 95.3 cm³/mol. The second-order valence-corrected chi connectivity index (χ2v) is 7.91. The highest BCUT2D eigenvalue weighted by atomic mass is 16.5. The second kappa shape index (κ2) is 6.63. The van der Waals surface area contributed by atoms with Gasteiger partial charge in [-0.3, -0.25) is 4.68 Å². The highest BCUT2D eigenvalue weighted by Gasteiger charge is 2.57. The van der Waals surface area contributed by atoms with E-state index in [9.17, 15) is 4.79 Å². The first-order chi connectivity index (χ1) is 12.1. The van der Waals surface area contributed by atoms with Crippen LogP contribution in [0.5, 0.6) is 0 Å². The summed E-state index contributed by atoms with van der Waals surface area (Å²) >= 11 is 0. The molecule has 0 radical (unpaired) electrons. The number of hydrogen-bond donors (Lipinski definition) is 2. The summed E-state index contributed by atoms with van der Waals surface area (Å²) < 4.78 is 7.88. The summed E-state index contributed by atoms with van der Waals surface area (Å²) in [5.74, 6) is 0. The van der Waals surface area contributed by atoms with Gasteiger partial charge >= 0.3 is 6.03 Å². The van der Waals surface area contributed by atoms with Crippen LogP contribution in [0.1, 0.15) is 69.2 Å². The normalized spacial score (nSPS) is 29.9. The lowest BCUT2D eigenvalue weighted by molar-refractivity contribution is -0.126. The number of carbonyl (C=O) groups excluding carboxylic acids is 1. The van der Waals surface area contributed by atoms with E-state index in [0.717, 1.165) is 32.3 Å². The van der Waals surface area contributed by atoms with Gasteiger partial charge in [0.2, 0.25) is 0 Å². The summed E-state index contributed by atoms with van der Waals surface area (Å²) in [6.07, 6.45) is 11.2. The Bertz CT molecular complexity index is 635. The first-order valence-corrected chi connectivity index (χ1v) is 9.83. The van der Waals surface area contributed by atoms with Crippen molar-refractivity contribution in [3.8, 4) is 0 Å². The Labute approximate surface area is 149 Å². The molecule has 6 nitrogen and oxygen atoms in total. The monoisotopic (exact) mass is 346 g/mol. The molecule has 0 unspecified atom stereocenters. The van der Waals surface area contributed by atoms with Crippen molar-refractivity contribution < 1.29 is 9.53 Å². The number of nitrogens with zero attached hydrogens (tertiary/aromatic N) is 2. The third-order valence-electron chi connectivity index (χ3n) is 6.67. The van der Waals surface area contributed by atoms with E-state index in [2.05, 4.69) is 22.7 Å². The zero-order valence-corrected chi connectivity index (χ0v) is 15.4. The van der Waals surface area contributed by atoms with Crippen molar-refractivity contribution in [3.05, 3.63) is 17.5 Å². The van der Waals surface area contributed by atoms with Crippen LogP contribution in [-0.4, -0.2) is 34.6 Å². The molecule has 1 heterocycles. The molecule has 3 atom stereocenters. The Morgan fingerprint density at radius 3 is 2.92 bits per heavy atom. The smallest absolute Gasteiger partial charge is 0.315 e. The van der Waals surface area contributed by atoms with Gasteiger partial charge in [0, 0.05) is 36.4 Å². The maximum absolute atomic E-state index is 12.6. The summed E-state index contributed by atoms with van der Waals surface area (Å²) in [6, 6.07) is 0.302. The first kappa shape index (κ1) is 16.9. The molecule has 138 valence electrons. The lowest BCUT2D eigenvalue weighted by atomic mass is 9.60. The third kappa shape index (κ3) is 2.84. The number of aromatic nitrogens is 2. The van der Waals surface area contributed by atoms with Crippen LogP contribution >= 0.6 is 0 Å². The summed E-state index contributed by atoms with van der Waals surface area (Å²) in [5.41, 5.74) is 2.61. The van der Waals surface area contributed by atoms with Gasteiger partial charge in [-0.15, -0.1) is 0 Å². The Morgan fingerprint density at radius 1 is 1.36 bits per heavy atom. The fourth-order valence-electron chi connectivity index (χ4n) is 5.30. The van der Waals surface area contributed by atoms with Gasteiger partial charge in [-0.2, -0.15) is 5.10 Å². The zero-order valence-electron chi connectivity index (χ0n) is 15.4. The Balaban J connectivity index is 1.38. The molecule has 2 fully saturated rings. The van der Waals surface area contributed by atoms with E-state index >= 15 is 0 Å². The van der Waals surface area contributed by atoms with E-state index in [1.807, 2.05) is 17.9 Å². The molecule has 1 aromatic rings. The number of amides is 2. The number of nitrogens with one attached hydrogen (secondary N) is 2. The number of urea groups is 1. The van der Waals surface area contributed by atoms with Gasteiger partial charge in [0.1, 0.15) is 0 Å². The molecule has 2 N–H and O–H groups in total. The molecule has 0 aliphatic heterocycles. The van der Waals surface area contributed by atoms with Crippen LogP contribution in [0.3, 0.4) is 0 Å². The number of rotatable bonds is 4. The topological polar surface area (TPSA) is 68.2 Å². The Morgan fingerprint density at radius 2 is 2.16 bits per heavy atom. The quantitative estimate of drug-likeness (QED) is 0.881. The van der Waals surface area contributed by atoms with E-state index in [1.165, 1.54) is 36.9 Å². The van der Waals surface area contributed by atoms with Gasteiger partial charge in [0.05, 0.1) is 18.3 Å². The minimum atomic E-state index is -0.0343. The van der Waals surface area contributed by atoms with Gasteiger partial charge in [-0.25, -0.2) is 4.79 Å². The minimum Gasteiger partial charge on any atom is -0.378 e. The highest BCUT2D eigenvalue weighted by molar-refractivity contribution is 5.75. The van der Waals surface area contributed by atoms with Crippen LogP contribution in [-0.2, 0) is 18.2 Å². The van der Waals surface area contributed by atoms with Gasteiger partial charge < -0.3 is 15.4 Å². The molecule has 25 heavy (non-hydrogen) atoms. The number of fused-ring (bicyclic) bond motifs is 1. The molecular formula is C19H30N4O2. The fraction of sp³-hybridized carbons (Fsp3) is 0.789. The number of carbonyl (C=O) groups is 1. The first-order valence-electron chi connectivity index (χ1n) is 9.83. The lowest BCUT2D eigenvalue weighted by Crippen LogP contribution is -2.64. The summed E-state index contributed by atoms with van der Waals surface area (Å²) in [7, 11) is 1.98. The summed E-state index contributed by atoms with van der Waals surface area (Å²) in [6.45, 7) is 2.82. The number of hydrogen-bond acceptors (Lipinski definition) is 3. The SMILES string of the molecule is CCO[C@@H]1C[C@@H](NC(=O)N[C@H]2CCCc3c2cnn3C)C12CCCC2. The van der Waals surface area contributed by atoms with E-state index in [1.54, 1.807) is 0 Å². The van der Waals surface area contributed by atoms with Crippen LogP contribution < -0.4 is 10.6 Å². The molecule has 3 aliphatic rings. The van der Waals surface area contributed by atoms with Gasteiger partial charge in [-0.1, -0.05) is 12.8 Å². The molecule has 0 saturated heterocycles. The molecule has 0 bridgehead atoms. The summed E-state index contributed by atoms with van der Waals surface area (Å²) in [4.78, 5) is 12.6. The van der Waals surface area contributed by atoms with Crippen molar-refractivity contribution in [3.63, 3.8) is 0 Å². The fourth-order valence-corrected chi connectivity index (χ4v) is 5.30. The second-order valence-electron chi connectivity index (χ2n) is 7.91. The van der Waals surface area contributed by atoms with Crippen molar-refractivity contribution in [2.24, 2.45) is 12.5 Å². The Kier molecular flexibility index (Phi) is 4.48. The van der Waals surface area contributed by atoms with Crippen molar-refractivity contribution in [2.75, 3.05) is 6.61 Å². The molecule has 2 saturated carbocycles. The molecule has 3 aliphatic carbocycles. The van der Waals surface area contributed by atoms with Crippen molar-refractivity contribution in [1.29, 1.82) is 0 Å². The van der Waals surface area contributed by atoms with Crippen molar-refractivity contribution in [2.45, 2.75) is 76.5 Å².